The molecule has 0 amide bonds. The molecule has 1 aromatic heterocycles. The number of rotatable bonds is 3. The third kappa shape index (κ3) is 2.05. The highest BCUT2D eigenvalue weighted by molar-refractivity contribution is 5.64. The lowest BCUT2D eigenvalue weighted by atomic mass is 10.2. The fourth-order valence-electron chi connectivity index (χ4n) is 1.44. The highest BCUT2D eigenvalue weighted by atomic mass is 15.1. The summed E-state index contributed by atoms with van der Waals surface area (Å²) < 4.78 is 0. The molecule has 0 radical (unpaired) electrons. The Hall–Kier alpha value is -2.09. The van der Waals surface area contributed by atoms with Crippen molar-refractivity contribution in [1.29, 1.82) is 0 Å². The molecule has 0 fully saturated rings. The SMILES string of the molecule is C=CN(c1ccccc1)c1cccnc1. The average Bonchev–Trinajstić information content (AvgIpc) is 2.33. The molecule has 0 aliphatic carbocycles. The minimum Gasteiger partial charge on any atom is -0.316 e. The zero-order valence-electron chi connectivity index (χ0n) is 8.38. The molecule has 1 aromatic carbocycles. The number of nitrogens with zero attached hydrogens (tertiary/aromatic N) is 2. The van der Waals surface area contributed by atoms with Gasteiger partial charge in [0.25, 0.3) is 0 Å². The normalized spacial score (nSPS) is 9.60. The second-order valence-corrected chi connectivity index (χ2v) is 3.10. The van der Waals surface area contributed by atoms with Gasteiger partial charge >= 0.3 is 0 Å². The van der Waals surface area contributed by atoms with Crippen LogP contribution in [0.4, 0.5) is 11.4 Å². The minimum absolute atomic E-state index is 1.01. The van der Waals surface area contributed by atoms with Crippen molar-refractivity contribution in [3.05, 3.63) is 67.6 Å². The van der Waals surface area contributed by atoms with Gasteiger partial charge in [0, 0.05) is 18.1 Å². The van der Waals surface area contributed by atoms with E-state index in [0.717, 1.165) is 11.4 Å². The molecule has 1 heterocycles. The monoisotopic (exact) mass is 196 g/mol. The van der Waals surface area contributed by atoms with Crippen LogP contribution in [0.5, 0.6) is 0 Å². The van der Waals surface area contributed by atoms with Gasteiger partial charge in [-0.05, 0) is 24.3 Å². The molecular formula is C13H12N2. The Morgan fingerprint density at radius 3 is 2.33 bits per heavy atom. The van der Waals surface area contributed by atoms with E-state index in [1.807, 2.05) is 53.6 Å². The minimum atomic E-state index is 1.01. The molecule has 0 saturated carbocycles. The van der Waals surface area contributed by atoms with Gasteiger partial charge in [-0.1, -0.05) is 24.8 Å². The summed E-state index contributed by atoms with van der Waals surface area (Å²) in [5.41, 5.74) is 2.10. The van der Waals surface area contributed by atoms with Gasteiger partial charge in [0.2, 0.25) is 0 Å². The molecule has 15 heavy (non-hydrogen) atoms. The Labute approximate surface area is 89.5 Å². The molecule has 0 unspecified atom stereocenters. The van der Waals surface area contributed by atoms with E-state index < -0.39 is 0 Å². The van der Waals surface area contributed by atoms with Crippen molar-refractivity contribution in [3.8, 4) is 0 Å². The Morgan fingerprint density at radius 1 is 1.00 bits per heavy atom. The maximum absolute atomic E-state index is 4.09. The van der Waals surface area contributed by atoms with Crippen molar-refractivity contribution in [2.75, 3.05) is 4.90 Å². The number of anilines is 2. The predicted molar refractivity (Wildman–Crippen MR) is 63.0 cm³/mol. The third-order valence-electron chi connectivity index (χ3n) is 2.14. The number of hydrogen-bond donors (Lipinski definition) is 0. The first-order valence-corrected chi connectivity index (χ1v) is 4.78. The van der Waals surface area contributed by atoms with Gasteiger partial charge < -0.3 is 4.90 Å². The van der Waals surface area contributed by atoms with E-state index >= 15 is 0 Å². The number of para-hydroxylation sites is 1. The van der Waals surface area contributed by atoms with E-state index in [9.17, 15) is 0 Å². The summed E-state index contributed by atoms with van der Waals surface area (Å²) in [6, 6.07) is 14.0. The Bertz CT molecular complexity index is 383. The number of benzene rings is 1. The summed E-state index contributed by atoms with van der Waals surface area (Å²) in [7, 11) is 0. The average molecular weight is 196 g/mol. The summed E-state index contributed by atoms with van der Waals surface area (Å²) in [4.78, 5) is 6.08. The van der Waals surface area contributed by atoms with Crippen LogP contribution in [-0.2, 0) is 0 Å². The molecule has 2 rings (SSSR count). The first kappa shape index (κ1) is 9.46. The fraction of sp³-hybridized carbons (Fsp3) is 0. The third-order valence-corrected chi connectivity index (χ3v) is 2.14. The van der Waals surface area contributed by atoms with Crippen LogP contribution in [-0.4, -0.2) is 4.98 Å². The van der Waals surface area contributed by atoms with Crippen LogP contribution in [0.1, 0.15) is 0 Å². The molecule has 2 aromatic rings. The molecule has 2 heteroatoms. The van der Waals surface area contributed by atoms with Crippen molar-refractivity contribution >= 4 is 11.4 Å². The zero-order chi connectivity index (χ0) is 10.5. The van der Waals surface area contributed by atoms with Gasteiger partial charge in [-0.15, -0.1) is 0 Å². The number of hydrogen-bond acceptors (Lipinski definition) is 2. The molecule has 0 N–H and O–H groups in total. The van der Waals surface area contributed by atoms with E-state index in [4.69, 9.17) is 0 Å². The van der Waals surface area contributed by atoms with Crippen LogP contribution >= 0.6 is 0 Å². The number of aromatic nitrogens is 1. The highest BCUT2D eigenvalue weighted by Gasteiger charge is 2.03. The molecule has 2 nitrogen and oxygen atoms in total. The highest BCUT2D eigenvalue weighted by Crippen LogP contribution is 2.23. The lowest BCUT2D eigenvalue weighted by molar-refractivity contribution is 1.23. The van der Waals surface area contributed by atoms with Gasteiger partial charge in [-0.25, -0.2) is 0 Å². The number of pyridine rings is 1. The molecule has 0 atom stereocenters. The maximum Gasteiger partial charge on any atom is 0.0638 e. The Morgan fingerprint density at radius 2 is 1.73 bits per heavy atom. The van der Waals surface area contributed by atoms with Crippen LogP contribution in [0.2, 0.25) is 0 Å². The summed E-state index contributed by atoms with van der Waals surface area (Å²) in [5, 5.41) is 0. The summed E-state index contributed by atoms with van der Waals surface area (Å²) in [6.07, 6.45) is 5.36. The van der Waals surface area contributed by atoms with Crippen LogP contribution in [0.25, 0.3) is 0 Å². The first-order valence-electron chi connectivity index (χ1n) is 4.78. The van der Waals surface area contributed by atoms with E-state index in [0.29, 0.717) is 0 Å². The van der Waals surface area contributed by atoms with Gasteiger partial charge in [0.1, 0.15) is 0 Å². The second kappa shape index (κ2) is 4.42. The van der Waals surface area contributed by atoms with E-state index in [-0.39, 0.29) is 0 Å². The maximum atomic E-state index is 4.09. The molecule has 0 aliphatic rings. The lowest BCUT2D eigenvalue weighted by Crippen LogP contribution is -2.07. The summed E-state index contributed by atoms with van der Waals surface area (Å²) in [6.45, 7) is 3.81. The van der Waals surface area contributed by atoms with Crippen molar-refractivity contribution < 1.29 is 0 Å². The summed E-state index contributed by atoms with van der Waals surface area (Å²) >= 11 is 0. The van der Waals surface area contributed by atoms with Gasteiger partial charge in [0.05, 0.1) is 11.9 Å². The first-order chi connectivity index (χ1) is 7.42. The molecule has 0 bridgehead atoms. The van der Waals surface area contributed by atoms with Crippen LogP contribution < -0.4 is 4.90 Å². The lowest BCUT2D eigenvalue weighted by Gasteiger charge is -2.19. The van der Waals surface area contributed by atoms with Gasteiger partial charge in [-0.3, -0.25) is 4.98 Å². The van der Waals surface area contributed by atoms with Crippen molar-refractivity contribution in [2.24, 2.45) is 0 Å². The topological polar surface area (TPSA) is 16.1 Å². The van der Waals surface area contributed by atoms with Gasteiger partial charge in [0.15, 0.2) is 0 Å². The second-order valence-electron chi connectivity index (χ2n) is 3.10. The molecule has 0 spiro atoms. The smallest absolute Gasteiger partial charge is 0.0638 e. The largest absolute Gasteiger partial charge is 0.316 e. The van der Waals surface area contributed by atoms with Crippen LogP contribution in [0.3, 0.4) is 0 Å². The standard InChI is InChI=1S/C13H12N2/c1-2-15(12-7-4-3-5-8-12)13-9-6-10-14-11-13/h2-11H,1H2. The van der Waals surface area contributed by atoms with Crippen molar-refractivity contribution in [2.45, 2.75) is 0 Å². The van der Waals surface area contributed by atoms with Gasteiger partial charge in [-0.2, -0.15) is 0 Å². The molecule has 0 saturated heterocycles. The van der Waals surface area contributed by atoms with Crippen molar-refractivity contribution in [3.63, 3.8) is 0 Å². The predicted octanol–water partition coefficient (Wildman–Crippen LogP) is 3.36. The Kier molecular flexibility index (Phi) is 2.79. The fourth-order valence-corrected chi connectivity index (χ4v) is 1.44. The van der Waals surface area contributed by atoms with E-state index in [1.54, 1.807) is 12.4 Å². The molecular weight excluding hydrogens is 184 g/mol. The summed E-state index contributed by atoms with van der Waals surface area (Å²) in [5.74, 6) is 0. The van der Waals surface area contributed by atoms with E-state index in [2.05, 4.69) is 11.6 Å². The van der Waals surface area contributed by atoms with Crippen LogP contribution in [0.15, 0.2) is 67.6 Å². The quantitative estimate of drug-likeness (QED) is 0.748. The molecule has 74 valence electrons. The van der Waals surface area contributed by atoms with E-state index in [1.165, 1.54) is 0 Å². The van der Waals surface area contributed by atoms with Crippen LogP contribution in [0, 0.1) is 0 Å². The molecule has 0 aliphatic heterocycles. The van der Waals surface area contributed by atoms with Crippen molar-refractivity contribution in [1.82, 2.24) is 4.98 Å². The zero-order valence-corrected chi connectivity index (χ0v) is 8.38. The Balaban J connectivity index is 2.38.